The molecule has 2 atom stereocenters. The highest BCUT2D eigenvalue weighted by molar-refractivity contribution is 5.98. The fourth-order valence-corrected chi connectivity index (χ4v) is 7.67. The first-order valence-corrected chi connectivity index (χ1v) is 17.5. The number of hydrogen-bond donors (Lipinski definition) is 2. The van der Waals surface area contributed by atoms with E-state index in [0.29, 0.717) is 36.1 Å². The summed E-state index contributed by atoms with van der Waals surface area (Å²) in [5.41, 5.74) is 5.21. The summed E-state index contributed by atoms with van der Waals surface area (Å²) in [4.78, 5) is 41.1. The minimum absolute atomic E-state index is 0.0607. The standard InChI is InChI=1S/C38H53N3O3/c1-28-11-5-8-18-36(28)41-23-10-14-30(21-24-41)25-32-19-20-33(27-35(32)40-38(44)31-15-3-2-4-16-31)37(43)39-22-9-13-29-12-6-7-17-34(42)26-29/h5,8,11,18-20,27,29-31H,2-4,6-7,9-10,12-17,21-26H2,1H3,(H,39,43)(H,40,44). The van der Waals surface area contributed by atoms with Crippen molar-refractivity contribution in [2.45, 2.75) is 110 Å². The van der Waals surface area contributed by atoms with Crippen LogP contribution in [0.15, 0.2) is 42.5 Å². The van der Waals surface area contributed by atoms with Crippen molar-refractivity contribution in [1.82, 2.24) is 5.32 Å². The van der Waals surface area contributed by atoms with Gasteiger partial charge in [-0.25, -0.2) is 0 Å². The number of Topliss-reactive ketones (excluding diaryl/α,β-unsaturated/α-hetero) is 1. The molecule has 6 heteroatoms. The summed E-state index contributed by atoms with van der Waals surface area (Å²) >= 11 is 0. The van der Waals surface area contributed by atoms with Crippen LogP contribution in [0.3, 0.4) is 0 Å². The summed E-state index contributed by atoms with van der Waals surface area (Å²) in [6.45, 7) is 4.91. The highest BCUT2D eigenvalue weighted by atomic mass is 16.2. The van der Waals surface area contributed by atoms with Crippen molar-refractivity contribution in [2.75, 3.05) is 29.9 Å². The van der Waals surface area contributed by atoms with Crippen LogP contribution in [-0.2, 0) is 16.0 Å². The molecule has 3 aliphatic rings. The molecule has 2 amide bonds. The number of para-hydroxylation sites is 1. The summed E-state index contributed by atoms with van der Waals surface area (Å²) in [6.07, 6.45) is 16.2. The van der Waals surface area contributed by atoms with Gasteiger partial charge < -0.3 is 15.5 Å². The van der Waals surface area contributed by atoms with Crippen LogP contribution >= 0.6 is 0 Å². The summed E-state index contributed by atoms with van der Waals surface area (Å²) in [7, 11) is 0. The van der Waals surface area contributed by atoms with Crippen molar-refractivity contribution in [1.29, 1.82) is 0 Å². The number of anilines is 2. The zero-order valence-corrected chi connectivity index (χ0v) is 26.9. The van der Waals surface area contributed by atoms with E-state index >= 15 is 0 Å². The normalized spacial score (nSPS) is 21.8. The Hall–Kier alpha value is -3.15. The van der Waals surface area contributed by atoms with Crippen molar-refractivity contribution < 1.29 is 14.4 Å². The predicted molar refractivity (Wildman–Crippen MR) is 179 cm³/mol. The van der Waals surface area contributed by atoms with Gasteiger partial charge in [0.2, 0.25) is 5.91 Å². The van der Waals surface area contributed by atoms with E-state index in [1.54, 1.807) is 0 Å². The van der Waals surface area contributed by atoms with E-state index in [1.807, 2.05) is 12.1 Å². The lowest BCUT2D eigenvalue weighted by Gasteiger charge is -2.25. The fourth-order valence-electron chi connectivity index (χ4n) is 7.67. The van der Waals surface area contributed by atoms with Gasteiger partial charge in [-0.15, -0.1) is 0 Å². The van der Waals surface area contributed by atoms with Crippen LogP contribution in [0.1, 0.15) is 118 Å². The van der Waals surface area contributed by atoms with Gasteiger partial charge in [-0.05, 0) is 106 Å². The lowest BCUT2D eigenvalue weighted by molar-refractivity contribution is -0.121. The van der Waals surface area contributed by atoms with Gasteiger partial charge in [0.05, 0.1) is 0 Å². The average molecular weight is 600 g/mol. The summed E-state index contributed by atoms with van der Waals surface area (Å²) < 4.78 is 0. The van der Waals surface area contributed by atoms with E-state index < -0.39 is 0 Å². The van der Waals surface area contributed by atoms with Gasteiger partial charge in [0.25, 0.3) is 5.91 Å². The van der Waals surface area contributed by atoms with Crippen LogP contribution in [0.4, 0.5) is 11.4 Å². The molecule has 2 aliphatic carbocycles. The first-order chi connectivity index (χ1) is 21.5. The second kappa shape index (κ2) is 16.2. The molecule has 2 N–H and O–H groups in total. The molecular weight excluding hydrogens is 546 g/mol. The SMILES string of the molecule is Cc1ccccc1N1CCCC(Cc2ccc(C(=O)NCCCC3CCCCC(=O)C3)cc2NC(=O)C2CCCCC2)CC1. The Balaban J connectivity index is 1.22. The maximum atomic E-state index is 13.3. The van der Waals surface area contributed by atoms with Gasteiger partial charge in [-0.2, -0.15) is 0 Å². The Kier molecular flexibility index (Phi) is 11.9. The van der Waals surface area contributed by atoms with Crippen LogP contribution in [0.25, 0.3) is 0 Å². The summed E-state index contributed by atoms with van der Waals surface area (Å²) in [6, 6.07) is 14.6. The zero-order valence-electron chi connectivity index (χ0n) is 26.9. The Morgan fingerprint density at radius 2 is 1.66 bits per heavy atom. The summed E-state index contributed by atoms with van der Waals surface area (Å²) in [5, 5.41) is 6.38. The minimum atomic E-state index is -0.0926. The molecule has 238 valence electrons. The number of ketones is 1. The monoisotopic (exact) mass is 599 g/mol. The van der Waals surface area contributed by atoms with Crippen molar-refractivity contribution in [3.63, 3.8) is 0 Å². The molecule has 1 saturated heterocycles. The molecule has 2 aromatic carbocycles. The first kappa shape index (κ1) is 32.2. The zero-order chi connectivity index (χ0) is 30.7. The molecule has 0 radical (unpaired) electrons. The third-order valence-electron chi connectivity index (χ3n) is 10.3. The molecule has 1 aliphatic heterocycles. The smallest absolute Gasteiger partial charge is 0.251 e. The van der Waals surface area contributed by atoms with Crippen LogP contribution in [0, 0.1) is 24.7 Å². The lowest BCUT2D eigenvalue weighted by Crippen LogP contribution is -2.27. The minimum Gasteiger partial charge on any atom is -0.371 e. The number of benzene rings is 2. The first-order valence-electron chi connectivity index (χ1n) is 17.5. The quantitative estimate of drug-likeness (QED) is 0.214. The van der Waals surface area contributed by atoms with E-state index in [4.69, 9.17) is 0 Å². The Labute approximate surface area is 264 Å². The maximum absolute atomic E-state index is 13.3. The van der Waals surface area contributed by atoms with E-state index in [0.717, 1.165) is 114 Å². The predicted octanol–water partition coefficient (Wildman–Crippen LogP) is 8.02. The van der Waals surface area contributed by atoms with Gasteiger partial charge >= 0.3 is 0 Å². The van der Waals surface area contributed by atoms with Crippen molar-refractivity contribution in [3.8, 4) is 0 Å². The Morgan fingerprint density at radius 3 is 2.50 bits per heavy atom. The van der Waals surface area contributed by atoms with Gasteiger partial charge in [0.15, 0.2) is 0 Å². The largest absolute Gasteiger partial charge is 0.371 e. The van der Waals surface area contributed by atoms with Gasteiger partial charge in [-0.1, -0.05) is 56.4 Å². The fraction of sp³-hybridized carbons (Fsp3) is 0.605. The third-order valence-corrected chi connectivity index (χ3v) is 10.3. The third kappa shape index (κ3) is 9.18. The van der Waals surface area contributed by atoms with Crippen molar-refractivity contribution in [3.05, 3.63) is 59.2 Å². The average Bonchev–Trinajstić information content (AvgIpc) is 3.40. The molecule has 6 nitrogen and oxygen atoms in total. The molecule has 44 heavy (non-hydrogen) atoms. The van der Waals surface area contributed by atoms with Crippen LogP contribution in [0.5, 0.6) is 0 Å². The lowest BCUT2D eigenvalue weighted by atomic mass is 9.88. The Bertz CT molecular complexity index is 1270. The van der Waals surface area contributed by atoms with Gasteiger partial charge in [-0.3, -0.25) is 14.4 Å². The molecular formula is C38H53N3O3. The van der Waals surface area contributed by atoms with E-state index in [2.05, 4.69) is 52.8 Å². The molecule has 2 unspecified atom stereocenters. The van der Waals surface area contributed by atoms with Crippen molar-refractivity contribution >= 4 is 29.0 Å². The van der Waals surface area contributed by atoms with E-state index in [9.17, 15) is 14.4 Å². The number of amides is 2. The Morgan fingerprint density at radius 1 is 0.864 bits per heavy atom. The number of aryl methyl sites for hydroxylation is 1. The molecule has 0 aromatic heterocycles. The second-order valence-corrected chi connectivity index (χ2v) is 13.7. The molecule has 0 bridgehead atoms. The van der Waals surface area contributed by atoms with Crippen LogP contribution in [-0.4, -0.2) is 37.2 Å². The number of carbonyl (C=O) groups excluding carboxylic acids is 3. The van der Waals surface area contributed by atoms with E-state index in [1.165, 1.54) is 17.7 Å². The number of carbonyl (C=O) groups is 3. The number of nitrogens with zero attached hydrogens (tertiary/aromatic N) is 1. The maximum Gasteiger partial charge on any atom is 0.251 e. The summed E-state index contributed by atoms with van der Waals surface area (Å²) in [5.74, 6) is 1.45. The van der Waals surface area contributed by atoms with E-state index in [-0.39, 0.29) is 17.7 Å². The van der Waals surface area contributed by atoms with Crippen LogP contribution in [0.2, 0.25) is 0 Å². The second-order valence-electron chi connectivity index (χ2n) is 13.7. The van der Waals surface area contributed by atoms with Crippen LogP contribution < -0.4 is 15.5 Å². The topological polar surface area (TPSA) is 78.5 Å². The number of hydrogen-bond acceptors (Lipinski definition) is 4. The number of rotatable bonds is 10. The molecule has 2 aromatic rings. The van der Waals surface area contributed by atoms with Crippen molar-refractivity contribution in [2.24, 2.45) is 17.8 Å². The number of nitrogens with one attached hydrogen (secondary N) is 2. The molecule has 5 rings (SSSR count). The molecule has 3 fully saturated rings. The van der Waals surface area contributed by atoms with Gasteiger partial charge in [0.1, 0.15) is 5.78 Å². The highest BCUT2D eigenvalue weighted by Gasteiger charge is 2.24. The molecule has 1 heterocycles. The molecule has 2 saturated carbocycles. The highest BCUT2D eigenvalue weighted by Crippen LogP contribution is 2.31. The molecule has 0 spiro atoms. The van der Waals surface area contributed by atoms with Gasteiger partial charge in [0, 0.05) is 55.3 Å².